The summed E-state index contributed by atoms with van der Waals surface area (Å²) in [6.45, 7) is 11.5. The van der Waals surface area contributed by atoms with Crippen LogP contribution in [0.5, 0.6) is 0 Å². The Balaban J connectivity index is 2.13. The Labute approximate surface area is 183 Å². The summed E-state index contributed by atoms with van der Waals surface area (Å²) in [6, 6.07) is 5.61. The molecule has 166 valence electrons. The van der Waals surface area contributed by atoms with Gasteiger partial charge in [-0.05, 0) is 57.9 Å². The van der Waals surface area contributed by atoms with Gasteiger partial charge in [0.05, 0.1) is 6.61 Å². The maximum Gasteiger partial charge on any atom is 0.349 e. The average Bonchev–Trinajstić information content (AvgIpc) is 3.18. The fourth-order valence-corrected chi connectivity index (χ4v) is 3.73. The number of methoxy groups -OCH3 is 1. The van der Waals surface area contributed by atoms with Crippen LogP contribution in [-0.4, -0.2) is 41.2 Å². The van der Waals surface area contributed by atoms with Gasteiger partial charge in [0.15, 0.2) is 6.61 Å². The van der Waals surface area contributed by atoms with E-state index in [1.807, 2.05) is 45.9 Å². The first-order valence-corrected chi connectivity index (χ1v) is 10.4. The second-order valence-corrected chi connectivity index (χ2v) is 7.58. The normalized spacial score (nSPS) is 11.5. The summed E-state index contributed by atoms with van der Waals surface area (Å²) in [4.78, 5) is 25.1. The number of ketones is 1. The topological polar surface area (TPSA) is 86.3 Å². The molecule has 0 aromatic carbocycles. The molecule has 0 N–H and O–H groups in total. The zero-order valence-electron chi connectivity index (χ0n) is 19.2. The van der Waals surface area contributed by atoms with E-state index in [0.29, 0.717) is 18.7 Å². The number of Topliss-reactive ketones (excluding diaryl/α,β-unsaturated/α-hetero) is 1. The maximum absolute atomic E-state index is 12.6. The average molecular weight is 426 g/mol. The second kappa shape index (κ2) is 10.8. The molecule has 31 heavy (non-hydrogen) atoms. The second-order valence-electron chi connectivity index (χ2n) is 7.58. The third-order valence-electron chi connectivity index (χ3n) is 5.43. The molecule has 0 fully saturated rings. The quantitative estimate of drug-likeness (QED) is 0.249. The van der Waals surface area contributed by atoms with Crippen molar-refractivity contribution in [2.75, 3.05) is 20.3 Å². The molecule has 0 aliphatic carbocycles. The lowest BCUT2D eigenvalue weighted by Crippen LogP contribution is -2.16. The summed E-state index contributed by atoms with van der Waals surface area (Å²) in [5, 5.41) is 9.46. The van der Waals surface area contributed by atoms with Crippen LogP contribution in [0.25, 0.3) is 6.08 Å². The van der Waals surface area contributed by atoms with Crippen molar-refractivity contribution in [2.45, 2.75) is 54.1 Å². The van der Waals surface area contributed by atoms with Crippen molar-refractivity contribution >= 4 is 17.8 Å². The minimum atomic E-state index is -0.806. The highest BCUT2D eigenvalue weighted by atomic mass is 16.5. The van der Waals surface area contributed by atoms with Gasteiger partial charge in [-0.1, -0.05) is 6.92 Å². The Morgan fingerprint density at radius 2 is 1.71 bits per heavy atom. The van der Waals surface area contributed by atoms with E-state index >= 15 is 0 Å². The number of esters is 1. The summed E-state index contributed by atoms with van der Waals surface area (Å²) in [5.41, 5.74) is 4.95. The largest absolute Gasteiger partial charge is 0.453 e. The van der Waals surface area contributed by atoms with Crippen LogP contribution < -0.4 is 0 Å². The molecule has 0 bridgehead atoms. The summed E-state index contributed by atoms with van der Waals surface area (Å²) < 4.78 is 14.4. The summed E-state index contributed by atoms with van der Waals surface area (Å²) in [6.07, 6.45) is 2.47. The molecule has 0 saturated heterocycles. The number of carbonyl (C=O) groups excluding carboxylic acids is 2. The molecule has 0 radical (unpaired) electrons. The van der Waals surface area contributed by atoms with E-state index in [-0.39, 0.29) is 11.4 Å². The first-order valence-electron chi connectivity index (χ1n) is 10.4. The highest BCUT2D eigenvalue weighted by molar-refractivity contribution is 6.02. The van der Waals surface area contributed by atoms with Crippen molar-refractivity contribution in [3.8, 4) is 6.07 Å². The van der Waals surface area contributed by atoms with Crippen LogP contribution in [0.2, 0.25) is 0 Å². The highest BCUT2D eigenvalue weighted by Gasteiger charge is 2.19. The molecule has 0 aliphatic heterocycles. The maximum atomic E-state index is 12.6. The standard InChI is InChI=1S/C24H31N3O4/c1-7-8-26-17(3)12-22(19(26)5)23(28)15-31-24(29)21(14-25)13-20-11-16(2)27(18(20)4)9-10-30-6/h11-13H,7-10,15H2,1-6H3/b21-13+. The van der Waals surface area contributed by atoms with E-state index < -0.39 is 12.6 Å². The molecule has 2 heterocycles. The summed E-state index contributed by atoms with van der Waals surface area (Å²) in [5.74, 6) is -1.08. The van der Waals surface area contributed by atoms with Crippen LogP contribution in [0, 0.1) is 39.0 Å². The summed E-state index contributed by atoms with van der Waals surface area (Å²) in [7, 11) is 1.64. The first-order chi connectivity index (χ1) is 14.7. The number of nitriles is 1. The van der Waals surface area contributed by atoms with Crippen LogP contribution in [-0.2, 0) is 27.4 Å². The molecule has 2 rings (SSSR count). The van der Waals surface area contributed by atoms with Crippen LogP contribution in [0.15, 0.2) is 17.7 Å². The predicted molar refractivity (Wildman–Crippen MR) is 119 cm³/mol. The van der Waals surface area contributed by atoms with Gasteiger partial charge in [-0.15, -0.1) is 0 Å². The van der Waals surface area contributed by atoms with E-state index in [2.05, 4.69) is 16.1 Å². The molecule has 0 spiro atoms. The third-order valence-corrected chi connectivity index (χ3v) is 5.43. The van der Waals surface area contributed by atoms with Gasteiger partial charge in [-0.2, -0.15) is 5.26 Å². The number of carbonyl (C=O) groups is 2. The summed E-state index contributed by atoms with van der Waals surface area (Å²) >= 11 is 0. The predicted octanol–water partition coefficient (Wildman–Crippen LogP) is 3.91. The molecular weight excluding hydrogens is 394 g/mol. The highest BCUT2D eigenvalue weighted by Crippen LogP contribution is 2.19. The fraction of sp³-hybridized carbons (Fsp3) is 0.458. The zero-order valence-corrected chi connectivity index (χ0v) is 19.2. The SMILES string of the molecule is CCCn1c(C)cc(C(=O)COC(=O)/C(C#N)=C/c2cc(C)n(CCOC)c2C)c1C. The number of aromatic nitrogens is 2. The Kier molecular flexibility index (Phi) is 8.40. The lowest BCUT2D eigenvalue weighted by molar-refractivity contribution is -0.137. The van der Waals surface area contributed by atoms with Gasteiger partial charge < -0.3 is 18.6 Å². The van der Waals surface area contributed by atoms with E-state index in [9.17, 15) is 14.9 Å². The van der Waals surface area contributed by atoms with Crippen LogP contribution in [0.1, 0.15) is 52.0 Å². The molecular formula is C24H31N3O4. The molecule has 0 amide bonds. The lowest BCUT2D eigenvalue weighted by atomic mass is 10.1. The Hall–Kier alpha value is -3.11. The van der Waals surface area contributed by atoms with Crippen LogP contribution >= 0.6 is 0 Å². The van der Waals surface area contributed by atoms with Crippen molar-refractivity contribution < 1.29 is 19.1 Å². The van der Waals surface area contributed by atoms with Crippen LogP contribution in [0.4, 0.5) is 0 Å². The van der Waals surface area contributed by atoms with Crippen molar-refractivity contribution in [1.29, 1.82) is 5.26 Å². The molecule has 2 aromatic rings. The zero-order chi connectivity index (χ0) is 23.1. The molecule has 7 heteroatoms. The Bertz CT molecular complexity index is 1030. The molecule has 0 atom stereocenters. The van der Waals surface area contributed by atoms with Crippen molar-refractivity contribution in [3.63, 3.8) is 0 Å². The van der Waals surface area contributed by atoms with E-state index in [1.54, 1.807) is 7.11 Å². The van der Waals surface area contributed by atoms with Gasteiger partial charge in [0.2, 0.25) is 5.78 Å². The van der Waals surface area contributed by atoms with E-state index in [0.717, 1.165) is 41.3 Å². The fourth-order valence-electron chi connectivity index (χ4n) is 3.73. The van der Waals surface area contributed by atoms with Crippen LogP contribution in [0.3, 0.4) is 0 Å². The van der Waals surface area contributed by atoms with Gasteiger partial charge in [-0.25, -0.2) is 4.79 Å². The monoisotopic (exact) mass is 425 g/mol. The Morgan fingerprint density at radius 3 is 2.32 bits per heavy atom. The smallest absolute Gasteiger partial charge is 0.349 e. The minimum Gasteiger partial charge on any atom is -0.453 e. The minimum absolute atomic E-state index is 0.142. The van der Waals surface area contributed by atoms with Gasteiger partial charge in [0, 0.05) is 48.5 Å². The van der Waals surface area contributed by atoms with E-state index in [1.165, 1.54) is 6.08 Å². The van der Waals surface area contributed by atoms with Crippen molar-refractivity contribution in [1.82, 2.24) is 9.13 Å². The molecule has 2 aromatic heterocycles. The van der Waals surface area contributed by atoms with Gasteiger partial charge >= 0.3 is 5.97 Å². The number of hydrogen-bond acceptors (Lipinski definition) is 5. The molecule has 0 saturated carbocycles. The third kappa shape index (κ3) is 5.53. The van der Waals surface area contributed by atoms with Crippen molar-refractivity contribution in [3.05, 3.63) is 51.6 Å². The number of hydrogen-bond donors (Lipinski definition) is 0. The van der Waals surface area contributed by atoms with Gasteiger partial charge in [-0.3, -0.25) is 4.79 Å². The van der Waals surface area contributed by atoms with E-state index in [4.69, 9.17) is 9.47 Å². The van der Waals surface area contributed by atoms with Gasteiger partial charge in [0.25, 0.3) is 0 Å². The molecule has 7 nitrogen and oxygen atoms in total. The van der Waals surface area contributed by atoms with Gasteiger partial charge in [0.1, 0.15) is 11.6 Å². The number of nitrogens with zero attached hydrogens (tertiary/aromatic N) is 3. The molecule has 0 aliphatic rings. The number of rotatable bonds is 10. The first kappa shape index (κ1) is 24.2. The number of ether oxygens (including phenoxy) is 2. The molecule has 0 unspecified atom stereocenters. The lowest BCUT2D eigenvalue weighted by Gasteiger charge is -2.08. The Morgan fingerprint density at radius 1 is 1.06 bits per heavy atom. The number of aryl methyl sites for hydroxylation is 2. The van der Waals surface area contributed by atoms with Crippen molar-refractivity contribution in [2.24, 2.45) is 0 Å².